The van der Waals surface area contributed by atoms with E-state index in [9.17, 15) is 17.6 Å². The number of aromatic nitrogens is 5. The van der Waals surface area contributed by atoms with E-state index in [1.54, 1.807) is 7.05 Å². The molecule has 0 saturated carbocycles. The van der Waals surface area contributed by atoms with Crippen LogP contribution in [0.3, 0.4) is 0 Å². The number of benzene rings is 1. The first-order valence-corrected chi connectivity index (χ1v) is 7.59. The van der Waals surface area contributed by atoms with Gasteiger partial charge in [-0.05, 0) is 26.1 Å². The second-order valence-corrected chi connectivity index (χ2v) is 5.56. The van der Waals surface area contributed by atoms with Crippen LogP contribution in [0, 0.1) is 5.82 Å². The van der Waals surface area contributed by atoms with Crippen LogP contribution >= 0.6 is 12.4 Å². The number of rotatable bonds is 5. The van der Waals surface area contributed by atoms with Crippen molar-refractivity contribution >= 4 is 12.4 Å². The molecule has 7 nitrogen and oxygen atoms in total. The highest BCUT2D eigenvalue weighted by Crippen LogP contribution is 2.36. The molecule has 1 aromatic carbocycles. The molecule has 2 aromatic heterocycles. The van der Waals surface area contributed by atoms with Crippen molar-refractivity contribution in [2.24, 2.45) is 0 Å². The summed E-state index contributed by atoms with van der Waals surface area (Å²) in [4.78, 5) is 3.94. The maximum Gasteiger partial charge on any atom is 0.435 e. The number of hydrogen-bond donors (Lipinski definition) is 1. The van der Waals surface area contributed by atoms with Gasteiger partial charge in [0, 0.05) is 12.5 Å². The number of likely N-dealkylation sites (N-methyl/N-ethyl adjacent to an activating group) is 1. The van der Waals surface area contributed by atoms with Crippen molar-refractivity contribution < 1.29 is 22.1 Å². The van der Waals surface area contributed by atoms with Crippen LogP contribution in [0.4, 0.5) is 17.6 Å². The molecule has 12 heteroatoms. The van der Waals surface area contributed by atoms with Gasteiger partial charge in [-0.2, -0.15) is 18.2 Å². The third kappa shape index (κ3) is 4.25. The first kappa shape index (κ1) is 20.8. The Morgan fingerprint density at radius 2 is 1.96 bits per heavy atom. The molecule has 146 valence electrons. The summed E-state index contributed by atoms with van der Waals surface area (Å²) in [6, 6.07) is 4.94. The van der Waals surface area contributed by atoms with Crippen LogP contribution in [0.1, 0.15) is 18.4 Å². The zero-order valence-electron chi connectivity index (χ0n) is 14.2. The Hall–Kier alpha value is -2.53. The molecule has 3 rings (SSSR count). The van der Waals surface area contributed by atoms with Crippen molar-refractivity contribution in [3.8, 4) is 17.3 Å². The van der Waals surface area contributed by atoms with Gasteiger partial charge in [0.25, 0.3) is 5.89 Å². The van der Waals surface area contributed by atoms with Gasteiger partial charge in [0.1, 0.15) is 11.5 Å². The normalized spacial score (nSPS) is 12.7. The third-order valence-corrected chi connectivity index (χ3v) is 3.67. The quantitative estimate of drug-likeness (QED) is 0.656. The summed E-state index contributed by atoms with van der Waals surface area (Å²) < 4.78 is 60.0. The lowest BCUT2D eigenvalue weighted by atomic mass is 10.2. The Kier molecular flexibility index (Phi) is 6.16. The predicted molar refractivity (Wildman–Crippen MR) is 89.1 cm³/mol. The SMILES string of the molecule is CNC(C)Cc1noc(-c2nnn(-c3ccccc3F)c2C(F)(F)F)n1.Cl. The number of nitrogens with zero attached hydrogens (tertiary/aromatic N) is 5. The summed E-state index contributed by atoms with van der Waals surface area (Å²) in [6.45, 7) is 1.85. The molecule has 1 N–H and O–H groups in total. The minimum Gasteiger partial charge on any atom is -0.332 e. The Bertz CT molecular complexity index is 910. The van der Waals surface area contributed by atoms with Crippen LogP contribution < -0.4 is 5.32 Å². The van der Waals surface area contributed by atoms with Crippen molar-refractivity contribution in [3.05, 3.63) is 41.6 Å². The number of para-hydroxylation sites is 1. The molecule has 0 aliphatic carbocycles. The van der Waals surface area contributed by atoms with E-state index in [0.29, 0.717) is 11.1 Å². The van der Waals surface area contributed by atoms with Gasteiger partial charge in [0.2, 0.25) is 0 Å². The summed E-state index contributed by atoms with van der Waals surface area (Å²) in [7, 11) is 1.73. The van der Waals surface area contributed by atoms with Crippen LogP contribution in [0.15, 0.2) is 28.8 Å². The van der Waals surface area contributed by atoms with Crippen LogP contribution in [-0.2, 0) is 12.6 Å². The molecule has 0 aliphatic rings. The lowest BCUT2D eigenvalue weighted by Crippen LogP contribution is -2.24. The minimum atomic E-state index is -4.87. The molecular formula is C15H15ClF4N6O. The van der Waals surface area contributed by atoms with E-state index < -0.39 is 29.3 Å². The fourth-order valence-corrected chi connectivity index (χ4v) is 2.28. The first-order chi connectivity index (χ1) is 12.3. The number of hydrogen-bond acceptors (Lipinski definition) is 6. The molecule has 0 amide bonds. The molecule has 0 spiro atoms. The Balaban J connectivity index is 0.00000261. The van der Waals surface area contributed by atoms with Gasteiger partial charge < -0.3 is 9.84 Å². The van der Waals surface area contributed by atoms with Crippen LogP contribution in [0.25, 0.3) is 17.3 Å². The topological polar surface area (TPSA) is 81.7 Å². The standard InChI is InChI=1S/C15H14F4N6O.ClH/c1-8(20-2)7-11-21-14(26-23-11)12-13(15(17,18)19)25(24-22-12)10-6-4-3-5-9(10)16;/h3-6,8,20H,7H2,1-2H3;1H. The van der Waals surface area contributed by atoms with Gasteiger partial charge in [-0.3, -0.25) is 0 Å². The van der Waals surface area contributed by atoms with E-state index in [4.69, 9.17) is 4.52 Å². The van der Waals surface area contributed by atoms with Crippen molar-refractivity contribution in [2.75, 3.05) is 7.05 Å². The van der Waals surface area contributed by atoms with E-state index in [2.05, 4.69) is 25.8 Å². The summed E-state index contributed by atoms with van der Waals surface area (Å²) in [5, 5.41) is 13.6. The zero-order chi connectivity index (χ0) is 18.9. The van der Waals surface area contributed by atoms with Crippen LogP contribution in [-0.4, -0.2) is 38.2 Å². The molecular weight excluding hydrogens is 392 g/mol. The van der Waals surface area contributed by atoms with E-state index in [0.717, 1.165) is 12.1 Å². The lowest BCUT2D eigenvalue weighted by Gasteiger charge is -2.10. The zero-order valence-corrected chi connectivity index (χ0v) is 15.0. The maximum absolute atomic E-state index is 13.9. The Labute approximate surface area is 157 Å². The molecule has 0 saturated heterocycles. The summed E-state index contributed by atoms with van der Waals surface area (Å²) >= 11 is 0. The highest BCUT2D eigenvalue weighted by atomic mass is 35.5. The molecule has 0 aliphatic heterocycles. The summed E-state index contributed by atoms with van der Waals surface area (Å²) in [5.74, 6) is -1.09. The third-order valence-electron chi connectivity index (χ3n) is 3.67. The van der Waals surface area contributed by atoms with Crippen LogP contribution in [0.5, 0.6) is 0 Å². The lowest BCUT2D eigenvalue weighted by molar-refractivity contribution is -0.142. The molecule has 0 fully saturated rings. The van der Waals surface area contributed by atoms with E-state index in [1.807, 2.05) is 6.92 Å². The smallest absolute Gasteiger partial charge is 0.332 e. The largest absolute Gasteiger partial charge is 0.435 e. The highest BCUT2D eigenvalue weighted by molar-refractivity contribution is 5.85. The van der Waals surface area contributed by atoms with Gasteiger partial charge in [0.15, 0.2) is 17.2 Å². The Morgan fingerprint density at radius 3 is 2.59 bits per heavy atom. The van der Waals surface area contributed by atoms with Crippen molar-refractivity contribution in [1.29, 1.82) is 0 Å². The molecule has 0 bridgehead atoms. The predicted octanol–water partition coefficient (Wildman–Crippen LogP) is 3.05. The van der Waals surface area contributed by atoms with Gasteiger partial charge in [-0.25, -0.2) is 9.07 Å². The number of halogens is 5. The summed E-state index contributed by atoms with van der Waals surface area (Å²) in [6.07, 6.45) is -4.52. The number of alkyl halides is 3. The fraction of sp³-hybridized carbons (Fsp3) is 0.333. The van der Waals surface area contributed by atoms with Gasteiger partial charge in [-0.1, -0.05) is 22.5 Å². The summed E-state index contributed by atoms with van der Waals surface area (Å²) in [5.41, 5.74) is -2.34. The van der Waals surface area contributed by atoms with Crippen molar-refractivity contribution in [1.82, 2.24) is 30.5 Å². The molecule has 3 aromatic rings. The van der Waals surface area contributed by atoms with Crippen LogP contribution in [0.2, 0.25) is 0 Å². The average molecular weight is 407 g/mol. The molecule has 1 atom stereocenters. The fourth-order valence-electron chi connectivity index (χ4n) is 2.28. The molecule has 2 heterocycles. The van der Waals surface area contributed by atoms with Gasteiger partial charge >= 0.3 is 6.18 Å². The van der Waals surface area contributed by atoms with E-state index in [1.165, 1.54) is 12.1 Å². The van der Waals surface area contributed by atoms with E-state index >= 15 is 0 Å². The van der Waals surface area contributed by atoms with Gasteiger partial charge in [0.05, 0.1) is 0 Å². The molecule has 27 heavy (non-hydrogen) atoms. The van der Waals surface area contributed by atoms with Crippen molar-refractivity contribution in [2.45, 2.75) is 25.6 Å². The minimum absolute atomic E-state index is 0. The highest BCUT2D eigenvalue weighted by Gasteiger charge is 2.42. The first-order valence-electron chi connectivity index (χ1n) is 7.59. The van der Waals surface area contributed by atoms with Gasteiger partial charge in [-0.15, -0.1) is 17.5 Å². The monoisotopic (exact) mass is 406 g/mol. The Morgan fingerprint density at radius 1 is 1.26 bits per heavy atom. The molecule has 0 radical (unpaired) electrons. The second kappa shape index (κ2) is 8.01. The maximum atomic E-state index is 13.9. The number of nitrogens with one attached hydrogen (secondary N) is 1. The average Bonchev–Trinajstić information content (AvgIpc) is 3.21. The second-order valence-electron chi connectivity index (χ2n) is 5.56. The van der Waals surface area contributed by atoms with E-state index in [-0.39, 0.29) is 30.0 Å². The molecule has 1 unspecified atom stereocenters. The van der Waals surface area contributed by atoms with Crippen molar-refractivity contribution in [3.63, 3.8) is 0 Å².